The second kappa shape index (κ2) is 7.81. The van der Waals surface area contributed by atoms with Gasteiger partial charge in [-0.05, 0) is 50.2 Å². The van der Waals surface area contributed by atoms with E-state index in [0.29, 0.717) is 10.8 Å². The first-order valence-corrected chi connectivity index (χ1v) is 8.37. The van der Waals surface area contributed by atoms with E-state index in [0.717, 1.165) is 25.9 Å². The Kier molecular flexibility index (Phi) is 5.53. The minimum atomic E-state index is -0.443. The molecule has 1 amide bonds. The van der Waals surface area contributed by atoms with Gasteiger partial charge >= 0.3 is 0 Å². The highest BCUT2D eigenvalue weighted by Crippen LogP contribution is 2.21. The van der Waals surface area contributed by atoms with Gasteiger partial charge in [0.1, 0.15) is 17.8 Å². The van der Waals surface area contributed by atoms with E-state index in [1.807, 2.05) is 0 Å². The van der Waals surface area contributed by atoms with Crippen LogP contribution in [0.2, 0.25) is 5.02 Å². The average Bonchev–Trinajstić information content (AvgIpc) is 3.23. The third kappa shape index (κ3) is 3.97. The van der Waals surface area contributed by atoms with Crippen molar-refractivity contribution in [2.24, 2.45) is 5.92 Å². The Hall–Kier alpha value is -1.85. The Morgan fingerprint density at radius 1 is 1.33 bits per heavy atom. The van der Waals surface area contributed by atoms with Crippen LogP contribution in [0.25, 0.3) is 0 Å². The number of nitrogens with one attached hydrogen (secondary N) is 3. The fourth-order valence-electron chi connectivity index (χ4n) is 3.04. The molecule has 128 valence electrons. The van der Waals surface area contributed by atoms with Crippen LogP contribution in [0.3, 0.4) is 0 Å². The smallest absolute Gasteiger partial charge is 0.259 e. The van der Waals surface area contributed by atoms with Gasteiger partial charge in [-0.3, -0.25) is 9.69 Å². The normalized spacial score (nSPS) is 26.9. The highest BCUT2D eigenvalue weighted by molar-refractivity contribution is 6.30. The fourth-order valence-corrected chi connectivity index (χ4v) is 3.17. The Balaban J connectivity index is 1.50. The summed E-state index contributed by atoms with van der Waals surface area (Å²) in [4.78, 5) is 14.3. The average molecular weight is 350 g/mol. The number of likely N-dealkylation sites (tertiary alicyclic amines) is 1. The molecule has 3 rings (SSSR count). The number of nitriles is 1. The highest BCUT2D eigenvalue weighted by atomic mass is 35.5. The Morgan fingerprint density at radius 2 is 2.04 bits per heavy atom. The molecule has 0 saturated carbocycles. The van der Waals surface area contributed by atoms with Gasteiger partial charge in [-0.15, -0.1) is 0 Å². The summed E-state index contributed by atoms with van der Waals surface area (Å²) >= 11 is 5.80. The number of carbonyl (C=O) groups is 1. The van der Waals surface area contributed by atoms with Crippen LogP contribution in [0.4, 0.5) is 0 Å². The molecule has 0 radical (unpaired) electrons. The van der Waals surface area contributed by atoms with Crippen molar-refractivity contribution < 1.29 is 9.53 Å². The molecule has 0 spiro atoms. The zero-order valence-electron chi connectivity index (χ0n) is 13.2. The lowest BCUT2D eigenvalue weighted by molar-refractivity contribution is -0.124. The van der Waals surface area contributed by atoms with Gasteiger partial charge < -0.3 is 10.1 Å². The van der Waals surface area contributed by atoms with Crippen molar-refractivity contribution >= 4 is 17.5 Å². The van der Waals surface area contributed by atoms with Crippen molar-refractivity contribution in [3.8, 4) is 11.8 Å². The Labute approximate surface area is 145 Å². The minimum Gasteiger partial charge on any atom is -0.484 e. The number of halogens is 1. The standard InChI is InChI=1S/C16H20ClN5O2/c17-11-3-5-12(6-4-11)24-10-14(23)19-15-13(9-18)16(21-20-15)22-7-1-2-8-22/h3-6,13,15-16,20-21H,1-2,7-8,10H2,(H,19,23). The van der Waals surface area contributed by atoms with Gasteiger partial charge in [0.15, 0.2) is 6.61 Å². The third-order valence-electron chi connectivity index (χ3n) is 4.27. The molecule has 7 nitrogen and oxygen atoms in total. The SMILES string of the molecule is N#CC1C(NC(=O)COc2ccc(Cl)cc2)NNC1N1CCCC1. The number of hydrogen-bond acceptors (Lipinski definition) is 6. The van der Waals surface area contributed by atoms with Crippen LogP contribution in [-0.2, 0) is 4.79 Å². The molecule has 3 atom stereocenters. The van der Waals surface area contributed by atoms with Crippen LogP contribution in [0.5, 0.6) is 5.75 Å². The first kappa shape index (κ1) is 17.0. The predicted molar refractivity (Wildman–Crippen MR) is 88.8 cm³/mol. The molecular formula is C16H20ClN5O2. The fraction of sp³-hybridized carbons (Fsp3) is 0.500. The number of rotatable bonds is 5. The number of carbonyl (C=O) groups excluding carboxylic acids is 1. The van der Waals surface area contributed by atoms with Crippen LogP contribution in [0.1, 0.15) is 12.8 Å². The summed E-state index contributed by atoms with van der Waals surface area (Å²) in [6, 6.07) is 9.09. The number of hydrogen-bond donors (Lipinski definition) is 3. The van der Waals surface area contributed by atoms with Crippen LogP contribution in [0.15, 0.2) is 24.3 Å². The number of benzene rings is 1. The van der Waals surface area contributed by atoms with E-state index >= 15 is 0 Å². The largest absolute Gasteiger partial charge is 0.484 e. The van der Waals surface area contributed by atoms with E-state index in [1.165, 1.54) is 0 Å². The maximum atomic E-state index is 12.1. The maximum absolute atomic E-state index is 12.1. The van der Waals surface area contributed by atoms with Crippen LogP contribution in [0, 0.1) is 17.2 Å². The van der Waals surface area contributed by atoms with Gasteiger partial charge in [-0.2, -0.15) is 5.26 Å². The lowest BCUT2D eigenvalue weighted by Gasteiger charge is -2.25. The molecule has 1 aromatic carbocycles. The zero-order valence-corrected chi connectivity index (χ0v) is 13.9. The molecule has 8 heteroatoms. The number of hydrazine groups is 1. The van der Waals surface area contributed by atoms with Gasteiger partial charge in [0.25, 0.3) is 5.91 Å². The minimum absolute atomic E-state index is 0.0833. The topological polar surface area (TPSA) is 89.4 Å². The van der Waals surface area contributed by atoms with E-state index in [9.17, 15) is 10.1 Å². The lowest BCUT2D eigenvalue weighted by Crippen LogP contribution is -2.48. The van der Waals surface area contributed by atoms with Crippen LogP contribution in [-0.4, -0.2) is 42.8 Å². The summed E-state index contributed by atoms with van der Waals surface area (Å²) in [5.74, 6) is -0.0759. The van der Waals surface area contributed by atoms with Gasteiger partial charge in [0.2, 0.25) is 0 Å². The van der Waals surface area contributed by atoms with Gasteiger partial charge in [0, 0.05) is 5.02 Å². The van der Waals surface area contributed by atoms with E-state index < -0.39 is 6.17 Å². The number of amides is 1. The molecule has 2 aliphatic rings. The van der Waals surface area contributed by atoms with E-state index in [4.69, 9.17) is 16.3 Å². The summed E-state index contributed by atoms with van der Waals surface area (Å²) in [6.07, 6.45) is 1.76. The lowest BCUT2D eigenvalue weighted by atomic mass is 10.1. The molecule has 0 aromatic heterocycles. The van der Waals surface area contributed by atoms with Crippen molar-refractivity contribution in [2.75, 3.05) is 19.7 Å². The second-order valence-electron chi connectivity index (χ2n) is 5.92. The molecule has 3 N–H and O–H groups in total. The molecule has 2 heterocycles. The van der Waals surface area contributed by atoms with Gasteiger partial charge in [-0.1, -0.05) is 11.6 Å². The molecule has 2 aliphatic heterocycles. The summed E-state index contributed by atoms with van der Waals surface area (Å²) in [6.45, 7) is 1.82. The molecule has 2 saturated heterocycles. The Morgan fingerprint density at radius 3 is 2.71 bits per heavy atom. The first-order chi connectivity index (χ1) is 11.7. The maximum Gasteiger partial charge on any atom is 0.259 e. The summed E-state index contributed by atoms with van der Waals surface area (Å²) in [5.41, 5.74) is 6.12. The van der Waals surface area contributed by atoms with E-state index in [1.54, 1.807) is 24.3 Å². The zero-order chi connectivity index (χ0) is 16.9. The molecule has 24 heavy (non-hydrogen) atoms. The second-order valence-corrected chi connectivity index (χ2v) is 6.36. The third-order valence-corrected chi connectivity index (χ3v) is 4.52. The summed E-state index contributed by atoms with van der Waals surface area (Å²) in [7, 11) is 0. The molecular weight excluding hydrogens is 330 g/mol. The summed E-state index contributed by atoms with van der Waals surface area (Å²) < 4.78 is 5.42. The van der Waals surface area contributed by atoms with Crippen molar-refractivity contribution in [2.45, 2.75) is 25.2 Å². The predicted octanol–water partition coefficient (Wildman–Crippen LogP) is 0.831. The molecule has 2 fully saturated rings. The number of nitrogens with zero attached hydrogens (tertiary/aromatic N) is 2. The summed E-state index contributed by atoms with van der Waals surface area (Å²) in [5, 5.41) is 12.9. The van der Waals surface area contributed by atoms with Gasteiger partial charge in [-0.25, -0.2) is 10.9 Å². The quantitative estimate of drug-likeness (QED) is 0.729. The monoisotopic (exact) mass is 349 g/mol. The van der Waals surface area contributed by atoms with Crippen LogP contribution >= 0.6 is 11.6 Å². The van der Waals surface area contributed by atoms with Gasteiger partial charge in [0.05, 0.1) is 12.2 Å². The molecule has 1 aromatic rings. The van der Waals surface area contributed by atoms with Crippen molar-refractivity contribution in [3.05, 3.63) is 29.3 Å². The van der Waals surface area contributed by atoms with Crippen molar-refractivity contribution in [3.63, 3.8) is 0 Å². The van der Waals surface area contributed by atoms with Crippen molar-refractivity contribution in [1.29, 1.82) is 5.26 Å². The Bertz CT molecular complexity index is 612. The molecule has 0 aliphatic carbocycles. The first-order valence-electron chi connectivity index (χ1n) is 8.00. The van der Waals surface area contributed by atoms with Crippen molar-refractivity contribution in [1.82, 2.24) is 21.1 Å². The molecule has 3 unspecified atom stereocenters. The van der Waals surface area contributed by atoms with Crippen LogP contribution < -0.4 is 20.9 Å². The highest BCUT2D eigenvalue weighted by Gasteiger charge is 2.40. The van der Waals surface area contributed by atoms with E-state index in [-0.39, 0.29) is 24.6 Å². The molecule has 0 bridgehead atoms. The van der Waals surface area contributed by atoms with E-state index in [2.05, 4.69) is 27.1 Å². The number of ether oxygens (including phenoxy) is 1.